The maximum atomic E-state index is 13.7. The molecule has 6 rings (SSSR count). The van der Waals surface area contributed by atoms with Crippen LogP contribution in [-0.4, -0.2) is 82.5 Å². The van der Waals surface area contributed by atoms with Crippen molar-refractivity contribution in [3.8, 4) is 0 Å². The number of esters is 2. The van der Waals surface area contributed by atoms with Gasteiger partial charge in [0, 0.05) is 71.9 Å². The zero-order chi connectivity index (χ0) is 42.2. The number of anilines is 2. The van der Waals surface area contributed by atoms with E-state index in [1.54, 1.807) is 12.1 Å². The summed E-state index contributed by atoms with van der Waals surface area (Å²) in [5.41, 5.74) is 4.63. The van der Waals surface area contributed by atoms with Gasteiger partial charge in [-0.25, -0.2) is 8.42 Å². The number of carbonyl (C=O) groups is 2. The summed E-state index contributed by atoms with van der Waals surface area (Å²) in [6.45, 7) is 3.77. The minimum absolute atomic E-state index is 0.00570. The van der Waals surface area contributed by atoms with E-state index in [0.717, 1.165) is 44.4 Å². The Kier molecular flexibility index (Phi) is 14.2. The summed E-state index contributed by atoms with van der Waals surface area (Å²) in [7, 11) is 0.222. The molecule has 1 atom stereocenters. The average molecular weight is 861 g/mol. The van der Waals surface area contributed by atoms with Gasteiger partial charge in [-0.05, 0) is 67.9 Å². The molecule has 310 valence electrons. The standard InChI is InChI=1S/C43H47Cl2N7O6S/c1-5-23-43(2)50(3)38-12-8-11-34-37(19-20-39(42(34)38)51(43)4)49-48-36-18-17-35(32-9-6-7-10-33(32)36)47-46-30-13-15-31(16-14-30)59(55,56)52(26-28-57-40(53)21-24-44)27-29-58-41(54)22-25-45/h6-20H,5,21-29H2,1-4H3/b47-46+,49-48+. The lowest BCUT2D eigenvalue weighted by molar-refractivity contribution is -0.143. The zero-order valence-corrected chi connectivity index (χ0v) is 35.8. The second kappa shape index (κ2) is 19.3. The number of sulfonamides is 1. The third-order valence-corrected chi connectivity index (χ3v) is 12.9. The van der Waals surface area contributed by atoms with Crippen molar-refractivity contribution in [2.24, 2.45) is 20.5 Å². The Bertz CT molecular complexity index is 2440. The molecule has 1 aliphatic rings. The fraction of sp³-hybridized carbons (Fsp3) is 0.349. The molecule has 1 aliphatic heterocycles. The minimum Gasteiger partial charge on any atom is -0.464 e. The summed E-state index contributed by atoms with van der Waals surface area (Å²) >= 11 is 11.2. The molecule has 13 nitrogen and oxygen atoms in total. The Labute approximate surface area is 354 Å². The number of rotatable bonds is 18. The quantitative estimate of drug-likeness (QED) is 0.0481. The predicted molar refractivity (Wildman–Crippen MR) is 234 cm³/mol. The Balaban J connectivity index is 1.21. The first-order valence-electron chi connectivity index (χ1n) is 19.3. The van der Waals surface area contributed by atoms with E-state index in [9.17, 15) is 18.0 Å². The van der Waals surface area contributed by atoms with Crippen LogP contribution in [0.5, 0.6) is 0 Å². The largest absolute Gasteiger partial charge is 0.464 e. The highest BCUT2D eigenvalue weighted by atomic mass is 35.5. The molecule has 0 saturated heterocycles. The van der Waals surface area contributed by atoms with Crippen LogP contribution in [0.3, 0.4) is 0 Å². The van der Waals surface area contributed by atoms with Crippen LogP contribution in [0.4, 0.5) is 34.1 Å². The highest BCUT2D eigenvalue weighted by Gasteiger charge is 2.39. The third-order valence-electron chi connectivity index (χ3n) is 10.6. The van der Waals surface area contributed by atoms with E-state index in [0.29, 0.717) is 17.1 Å². The summed E-state index contributed by atoms with van der Waals surface area (Å²) in [4.78, 5) is 28.3. The lowest BCUT2D eigenvalue weighted by Gasteiger charge is -2.52. The van der Waals surface area contributed by atoms with Crippen molar-refractivity contribution in [2.75, 3.05) is 62.0 Å². The first-order valence-corrected chi connectivity index (χ1v) is 21.9. The number of carbonyl (C=O) groups excluding carboxylic acids is 2. The zero-order valence-electron chi connectivity index (χ0n) is 33.5. The van der Waals surface area contributed by atoms with Gasteiger partial charge in [0.05, 0.1) is 40.5 Å². The maximum Gasteiger partial charge on any atom is 0.307 e. The first kappa shape index (κ1) is 43.4. The number of hydrogen-bond acceptors (Lipinski definition) is 12. The molecule has 0 saturated carbocycles. The second-order valence-electron chi connectivity index (χ2n) is 14.2. The molecule has 1 unspecified atom stereocenters. The van der Waals surface area contributed by atoms with Gasteiger partial charge < -0.3 is 19.3 Å². The number of benzene rings is 5. The van der Waals surface area contributed by atoms with E-state index < -0.39 is 22.0 Å². The summed E-state index contributed by atoms with van der Waals surface area (Å²) in [6.07, 6.45) is 2.07. The molecule has 0 aliphatic carbocycles. The van der Waals surface area contributed by atoms with Gasteiger partial charge in [-0.1, -0.05) is 49.7 Å². The van der Waals surface area contributed by atoms with Crippen LogP contribution in [0.25, 0.3) is 21.5 Å². The number of azo groups is 2. The van der Waals surface area contributed by atoms with Crippen LogP contribution in [0.1, 0.15) is 39.5 Å². The summed E-state index contributed by atoms with van der Waals surface area (Å²) in [5.74, 6) is -0.934. The van der Waals surface area contributed by atoms with E-state index >= 15 is 0 Å². The monoisotopic (exact) mass is 859 g/mol. The molecular weight excluding hydrogens is 813 g/mol. The van der Waals surface area contributed by atoms with Gasteiger partial charge in [0.1, 0.15) is 18.9 Å². The smallest absolute Gasteiger partial charge is 0.307 e. The van der Waals surface area contributed by atoms with E-state index in [-0.39, 0.29) is 61.5 Å². The topological polar surface area (TPSA) is 146 Å². The van der Waals surface area contributed by atoms with Gasteiger partial charge >= 0.3 is 11.9 Å². The van der Waals surface area contributed by atoms with Crippen molar-refractivity contribution in [3.05, 3.63) is 91.0 Å². The van der Waals surface area contributed by atoms with E-state index in [2.05, 4.69) is 72.2 Å². The van der Waals surface area contributed by atoms with Crippen LogP contribution >= 0.6 is 23.2 Å². The molecule has 16 heteroatoms. The van der Waals surface area contributed by atoms with Crippen molar-refractivity contribution < 1.29 is 27.5 Å². The SMILES string of the molecule is CCCC1(C)N(C)c2cccc3c(/N=N/c4ccc(/N=N/c5ccc(S(=O)(=O)N(CCOC(=O)CCCl)CCOC(=O)CCCl)cc5)c5ccccc45)ccc(c23)N1C. The second-order valence-corrected chi connectivity index (χ2v) is 16.8. The fourth-order valence-electron chi connectivity index (χ4n) is 7.22. The summed E-state index contributed by atoms with van der Waals surface area (Å²) in [5, 5.41) is 22.3. The van der Waals surface area contributed by atoms with Crippen molar-refractivity contribution >= 4 is 101 Å². The fourth-order valence-corrected chi connectivity index (χ4v) is 8.94. The average Bonchev–Trinajstić information content (AvgIpc) is 3.23. The van der Waals surface area contributed by atoms with Crippen LogP contribution < -0.4 is 9.80 Å². The summed E-state index contributed by atoms with van der Waals surface area (Å²) < 4.78 is 38.7. The summed E-state index contributed by atoms with van der Waals surface area (Å²) in [6, 6.07) is 27.8. The van der Waals surface area contributed by atoms with Crippen molar-refractivity contribution in [1.82, 2.24) is 4.31 Å². The van der Waals surface area contributed by atoms with Crippen LogP contribution in [0.15, 0.2) is 116 Å². The molecular formula is C43H47Cl2N7O6S. The minimum atomic E-state index is -4.09. The molecule has 5 aromatic rings. The first-order chi connectivity index (χ1) is 28.4. The lowest BCUT2D eigenvalue weighted by Crippen LogP contribution is -2.58. The molecule has 0 amide bonds. The normalized spacial score (nSPS) is 15.6. The van der Waals surface area contributed by atoms with E-state index in [1.165, 1.54) is 23.5 Å². The molecule has 1 heterocycles. The molecule has 0 N–H and O–H groups in total. The van der Waals surface area contributed by atoms with Gasteiger partial charge in [0.25, 0.3) is 0 Å². The number of alkyl halides is 2. The molecule has 5 aromatic carbocycles. The van der Waals surface area contributed by atoms with Crippen molar-refractivity contribution in [2.45, 2.75) is 50.1 Å². The number of halogens is 2. The predicted octanol–water partition coefficient (Wildman–Crippen LogP) is 10.6. The molecule has 0 bridgehead atoms. The Hall–Kier alpha value is -5.15. The number of fused-ring (bicyclic) bond motifs is 1. The Morgan fingerprint density at radius 2 is 1.17 bits per heavy atom. The Morgan fingerprint density at radius 3 is 1.71 bits per heavy atom. The number of hydrogen-bond donors (Lipinski definition) is 0. The van der Waals surface area contributed by atoms with Gasteiger partial charge in [0.2, 0.25) is 10.0 Å². The lowest BCUT2D eigenvalue weighted by atomic mass is 9.93. The van der Waals surface area contributed by atoms with Gasteiger partial charge in [-0.15, -0.1) is 38.5 Å². The van der Waals surface area contributed by atoms with Gasteiger partial charge in [-0.2, -0.15) is 9.42 Å². The molecule has 0 radical (unpaired) electrons. The van der Waals surface area contributed by atoms with Crippen LogP contribution in [0.2, 0.25) is 0 Å². The number of nitrogens with zero attached hydrogens (tertiary/aromatic N) is 7. The molecule has 0 aromatic heterocycles. The van der Waals surface area contributed by atoms with Crippen molar-refractivity contribution in [3.63, 3.8) is 0 Å². The third kappa shape index (κ3) is 9.51. The van der Waals surface area contributed by atoms with Crippen molar-refractivity contribution in [1.29, 1.82) is 0 Å². The molecule has 59 heavy (non-hydrogen) atoms. The Morgan fingerprint density at radius 1 is 0.678 bits per heavy atom. The highest BCUT2D eigenvalue weighted by Crippen LogP contribution is 2.48. The maximum absolute atomic E-state index is 13.7. The number of ether oxygens (including phenoxy) is 2. The highest BCUT2D eigenvalue weighted by molar-refractivity contribution is 7.89. The van der Waals surface area contributed by atoms with E-state index in [4.69, 9.17) is 42.9 Å². The van der Waals surface area contributed by atoms with Gasteiger partial charge in [-0.3, -0.25) is 9.59 Å². The van der Waals surface area contributed by atoms with E-state index in [1.807, 2.05) is 42.5 Å². The molecule has 0 fully saturated rings. The molecule has 0 spiro atoms. The van der Waals surface area contributed by atoms with Crippen LogP contribution in [0, 0.1) is 0 Å². The van der Waals surface area contributed by atoms with Gasteiger partial charge in [0.15, 0.2) is 0 Å². The van der Waals surface area contributed by atoms with Crippen LogP contribution in [-0.2, 0) is 29.1 Å².